The summed E-state index contributed by atoms with van der Waals surface area (Å²) in [4.78, 5) is 42.5. The number of rotatable bonds is 4. The van der Waals surface area contributed by atoms with Crippen molar-refractivity contribution in [3.05, 3.63) is 71.3 Å². The molecule has 1 N–H and O–H groups in total. The molecule has 28 heavy (non-hydrogen) atoms. The number of nitrogens with zero attached hydrogens (tertiary/aromatic N) is 2. The van der Waals surface area contributed by atoms with Crippen molar-refractivity contribution in [1.29, 1.82) is 0 Å². The summed E-state index contributed by atoms with van der Waals surface area (Å²) >= 11 is 0. The fraction of sp³-hybridized carbons (Fsp3) is 0.318. The van der Waals surface area contributed by atoms with Crippen LogP contribution in [0.2, 0.25) is 0 Å². The second-order valence-corrected chi connectivity index (χ2v) is 7.44. The minimum absolute atomic E-state index is 0.159. The molecule has 1 saturated heterocycles. The van der Waals surface area contributed by atoms with E-state index in [4.69, 9.17) is 0 Å². The molecule has 3 amide bonds. The molecule has 2 aromatic rings. The van der Waals surface area contributed by atoms with Gasteiger partial charge in [-0.1, -0.05) is 42.5 Å². The van der Waals surface area contributed by atoms with Gasteiger partial charge in [-0.25, -0.2) is 0 Å². The smallest absolute Gasteiger partial charge is 0.262 e. The third-order valence-electron chi connectivity index (χ3n) is 5.65. The van der Waals surface area contributed by atoms with Gasteiger partial charge in [-0.3, -0.25) is 19.3 Å². The maximum absolute atomic E-state index is 13.0. The number of piperazine rings is 1. The highest BCUT2D eigenvalue weighted by Crippen LogP contribution is 2.25. The van der Waals surface area contributed by atoms with E-state index in [2.05, 4.69) is 12.1 Å². The van der Waals surface area contributed by atoms with Gasteiger partial charge >= 0.3 is 0 Å². The quantitative estimate of drug-likeness (QED) is 0.793. The zero-order chi connectivity index (χ0) is 19.7. The number of carbonyl (C=O) groups excluding carboxylic acids is 3. The van der Waals surface area contributed by atoms with E-state index in [1.54, 1.807) is 36.1 Å². The molecule has 2 aromatic carbocycles. The number of quaternary nitrogens is 1. The summed E-state index contributed by atoms with van der Waals surface area (Å²) in [6, 6.07) is 16.3. The van der Waals surface area contributed by atoms with Gasteiger partial charge in [-0.15, -0.1) is 0 Å². The van der Waals surface area contributed by atoms with Crippen molar-refractivity contribution >= 4 is 17.7 Å². The van der Waals surface area contributed by atoms with Crippen LogP contribution in [0.25, 0.3) is 0 Å². The second-order valence-electron chi connectivity index (χ2n) is 7.44. The van der Waals surface area contributed by atoms with Crippen molar-refractivity contribution in [1.82, 2.24) is 9.80 Å². The number of nitrogens with one attached hydrogen (secondary N) is 1. The van der Waals surface area contributed by atoms with Gasteiger partial charge in [0.1, 0.15) is 12.6 Å². The fourth-order valence-electron chi connectivity index (χ4n) is 4.04. The lowest BCUT2D eigenvalue weighted by atomic mass is 10.1. The maximum atomic E-state index is 13.0. The highest BCUT2D eigenvalue weighted by Gasteiger charge is 2.42. The lowest BCUT2D eigenvalue weighted by Gasteiger charge is -2.35. The monoisotopic (exact) mass is 378 g/mol. The van der Waals surface area contributed by atoms with Gasteiger partial charge in [-0.05, 0) is 19.1 Å². The number of hydrogen-bond acceptors (Lipinski definition) is 3. The Balaban J connectivity index is 1.38. The van der Waals surface area contributed by atoms with E-state index in [-0.39, 0.29) is 17.7 Å². The molecule has 0 radical (unpaired) electrons. The molecule has 0 spiro atoms. The van der Waals surface area contributed by atoms with Gasteiger partial charge in [0, 0.05) is 5.56 Å². The van der Waals surface area contributed by atoms with E-state index in [0.29, 0.717) is 24.2 Å². The molecule has 1 fully saturated rings. The van der Waals surface area contributed by atoms with Crippen LogP contribution in [-0.2, 0) is 11.3 Å². The SMILES string of the molecule is C[C@@H](C(=O)N1CC[NH+](Cc2ccccc2)CC1)N1C(=O)c2ccccc2C1=O. The fourth-order valence-corrected chi connectivity index (χ4v) is 4.04. The minimum Gasteiger partial charge on any atom is -0.330 e. The van der Waals surface area contributed by atoms with Crippen LogP contribution in [0.15, 0.2) is 54.6 Å². The number of fused-ring (bicyclic) bond motifs is 1. The number of amides is 3. The molecule has 6 heteroatoms. The third kappa shape index (κ3) is 3.31. The molecule has 2 aliphatic heterocycles. The summed E-state index contributed by atoms with van der Waals surface area (Å²) in [5.74, 6) is -0.919. The average Bonchev–Trinajstić information content (AvgIpc) is 2.99. The first-order chi connectivity index (χ1) is 13.6. The molecule has 0 saturated carbocycles. The van der Waals surface area contributed by atoms with Crippen LogP contribution < -0.4 is 4.90 Å². The number of benzene rings is 2. The number of hydrogen-bond donors (Lipinski definition) is 1. The lowest BCUT2D eigenvalue weighted by Crippen LogP contribution is -3.13. The van der Waals surface area contributed by atoms with E-state index in [1.807, 2.05) is 18.2 Å². The van der Waals surface area contributed by atoms with Crippen LogP contribution in [0, 0.1) is 0 Å². The molecular weight excluding hydrogens is 354 g/mol. The molecule has 0 aliphatic carbocycles. The van der Waals surface area contributed by atoms with Crippen LogP contribution >= 0.6 is 0 Å². The van der Waals surface area contributed by atoms with Gasteiger partial charge in [0.05, 0.1) is 37.3 Å². The Labute approximate surface area is 164 Å². The second kappa shape index (κ2) is 7.56. The Morgan fingerprint density at radius 2 is 1.46 bits per heavy atom. The van der Waals surface area contributed by atoms with Crippen molar-refractivity contribution in [3.63, 3.8) is 0 Å². The zero-order valence-electron chi connectivity index (χ0n) is 15.9. The van der Waals surface area contributed by atoms with Crippen molar-refractivity contribution in [2.24, 2.45) is 0 Å². The Kier molecular flexibility index (Phi) is 4.96. The van der Waals surface area contributed by atoms with E-state index in [0.717, 1.165) is 24.5 Å². The van der Waals surface area contributed by atoms with E-state index in [9.17, 15) is 14.4 Å². The first kappa shape index (κ1) is 18.4. The lowest BCUT2D eigenvalue weighted by molar-refractivity contribution is -0.917. The third-order valence-corrected chi connectivity index (χ3v) is 5.65. The van der Waals surface area contributed by atoms with E-state index in [1.165, 1.54) is 10.5 Å². The van der Waals surface area contributed by atoms with Crippen LogP contribution in [0.1, 0.15) is 33.2 Å². The van der Waals surface area contributed by atoms with Crippen LogP contribution in [0.5, 0.6) is 0 Å². The summed E-state index contributed by atoms with van der Waals surface area (Å²) in [5.41, 5.74) is 2.05. The molecule has 4 rings (SSSR count). The first-order valence-electron chi connectivity index (χ1n) is 9.69. The number of carbonyl (C=O) groups is 3. The van der Waals surface area contributed by atoms with Crippen molar-refractivity contribution < 1.29 is 19.3 Å². The van der Waals surface area contributed by atoms with E-state index >= 15 is 0 Å². The summed E-state index contributed by atoms with van der Waals surface area (Å²) in [6.45, 7) is 5.57. The van der Waals surface area contributed by atoms with Gasteiger partial charge in [-0.2, -0.15) is 0 Å². The predicted octanol–water partition coefficient (Wildman–Crippen LogP) is 0.598. The van der Waals surface area contributed by atoms with Crippen LogP contribution in [0.4, 0.5) is 0 Å². The largest absolute Gasteiger partial charge is 0.330 e. The Bertz CT molecular complexity index is 869. The molecule has 1 atom stereocenters. The minimum atomic E-state index is -0.789. The Morgan fingerprint density at radius 3 is 2.04 bits per heavy atom. The first-order valence-corrected chi connectivity index (χ1v) is 9.69. The van der Waals surface area contributed by atoms with Crippen molar-refractivity contribution in [2.45, 2.75) is 19.5 Å². The molecule has 6 nitrogen and oxygen atoms in total. The number of imide groups is 1. The average molecular weight is 378 g/mol. The van der Waals surface area contributed by atoms with Gasteiger partial charge < -0.3 is 9.80 Å². The van der Waals surface area contributed by atoms with Crippen molar-refractivity contribution in [3.8, 4) is 0 Å². The summed E-state index contributed by atoms with van der Waals surface area (Å²) < 4.78 is 0. The summed E-state index contributed by atoms with van der Waals surface area (Å²) in [7, 11) is 0. The maximum Gasteiger partial charge on any atom is 0.262 e. The Hall–Kier alpha value is -2.99. The molecule has 0 bridgehead atoms. The molecule has 144 valence electrons. The normalized spacial score (nSPS) is 18.3. The van der Waals surface area contributed by atoms with E-state index < -0.39 is 6.04 Å². The zero-order valence-corrected chi connectivity index (χ0v) is 15.9. The molecule has 0 aromatic heterocycles. The molecule has 0 unspecified atom stereocenters. The molecular formula is C22H24N3O3+. The topological polar surface area (TPSA) is 62.1 Å². The summed E-state index contributed by atoms with van der Waals surface area (Å²) in [5, 5.41) is 0. The molecule has 2 aliphatic rings. The Morgan fingerprint density at radius 1 is 0.929 bits per heavy atom. The predicted molar refractivity (Wildman–Crippen MR) is 104 cm³/mol. The van der Waals surface area contributed by atoms with Gasteiger partial charge in [0.2, 0.25) is 5.91 Å². The van der Waals surface area contributed by atoms with Crippen molar-refractivity contribution in [2.75, 3.05) is 26.2 Å². The highest BCUT2D eigenvalue weighted by molar-refractivity contribution is 6.22. The van der Waals surface area contributed by atoms with Crippen LogP contribution in [-0.4, -0.2) is 59.7 Å². The van der Waals surface area contributed by atoms with Crippen LogP contribution in [0.3, 0.4) is 0 Å². The van der Waals surface area contributed by atoms with Gasteiger partial charge in [0.15, 0.2) is 0 Å². The molecule has 2 heterocycles. The summed E-state index contributed by atoms with van der Waals surface area (Å²) in [6.07, 6.45) is 0. The highest BCUT2D eigenvalue weighted by atomic mass is 16.2. The standard InChI is InChI=1S/C22H23N3O3/c1-16(25-21(27)18-9-5-6-10-19(18)22(25)28)20(26)24-13-11-23(12-14-24)15-17-7-3-2-4-8-17/h2-10,16H,11-15H2,1H3/p+1/t16-/m0/s1. The van der Waals surface area contributed by atoms with Gasteiger partial charge in [0.25, 0.3) is 11.8 Å².